The van der Waals surface area contributed by atoms with Gasteiger partial charge < -0.3 is 10.1 Å². The molecule has 0 spiro atoms. The molecule has 140 valence electrons. The summed E-state index contributed by atoms with van der Waals surface area (Å²) in [5.41, 5.74) is 1.25. The highest BCUT2D eigenvalue weighted by Gasteiger charge is 2.21. The van der Waals surface area contributed by atoms with Crippen LogP contribution in [0.3, 0.4) is 0 Å². The van der Waals surface area contributed by atoms with Gasteiger partial charge in [0.25, 0.3) is 15.9 Å². The molecular formula is C18H21ClN2O4S. The van der Waals surface area contributed by atoms with E-state index in [1.165, 1.54) is 25.3 Å². The number of amides is 1. The second kappa shape index (κ2) is 7.97. The van der Waals surface area contributed by atoms with E-state index in [-0.39, 0.29) is 16.5 Å². The highest BCUT2D eigenvalue weighted by atomic mass is 35.5. The monoisotopic (exact) mass is 396 g/mol. The molecule has 8 heteroatoms. The van der Waals surface area contributed by atoms with Gasteiger partial charge in [-0.05, 0) is 62.7 Å². The van der Waals surface area contributed by atoms with Crippen molar-refractivity contribution in [2.45, 2.75) is 31.7 Å². The van der Waals surface area contributed by atoms with Gasteiger partial charge in [-0.3, -0.25) is 9.52 Å². The molecule has 0 unspecified atom stereocenters. The van der Waals surface area contributed by atoms with Crippen molar-refractivity contribution >= 4 is 33.2 Å². The summed E-state index contributed by atoms with van der Waals surface area (Å²) >= 11 is 5.90. The van der Waals surface area contributed by atoms with Crippen LogP contribution in [0.15, 0.2) is 41.3 Å². The maximum Gasteiger partial charge on any atom is 0.261 e. The lowest BCUT2D eigenvalue weighted by atomic mass is 10.2. The summed E-state index contributed by atoms with van der Waals surface area (Å²) in [7, 11) is -2.47. The summed E-state index contributed by atoms with van der Waals surface area (Å²) in [5, 5.41) is 3.24. The van der Waals surface area contributed by atoms with Crippen molar-refractivity contribution in [2.75, 3.05) is 11.8 Å². The van der Waals surface area contributed by atoms with E-state index >= 15 is 0 Å². The van der Waals surface area contributed by atoms with Gasteiger partial charge in [0, 0.05) is 11.1 Å². The zero-order valence-corrected chi connectivity index (χ0v) is 16.5. The Kier molecular flexibility index (Phi) is 6.15. The molecule has 1 amide bonds. The molecular weight excluding hydrogens is 376 g/mol. The molecule has 2 aromatic rings. The first-order chi connectivity index (χ1) is 12.1. The first kappa shape index (κ1) is 20.1. The summed E-state index contributed by atoms with van der Waals surface area (Å²) in [4.78, 5) is 12.3. The number of hydrogen-bond acceptors (Lipinski definition) is 4. The van der Waals surface area contributed by atoms with Crippen LogP contribution in [0.1, 0.15) is 29.8 Å². The smallest absolute Gasteiger partial charge is 0.261 e. The maximum atomic E-state index is 12.7. The summed E-state index contributed by atoms with van der Waals surface area (Å²) in [5.74, 6) is -0.110. The third kappa shape index (κ3) is 4.68. The number of hydrogen-bond donors (Lipinski definition) is 2. The summed E-state index contributed by atoms with van der Waals surface area (Å²) < 4.78 is 33.1. The van der Waals surface area contributed by atoms with Crippen molar-refractivity contribution in [3.63, 3.8) is 0 Å². The normalized spacial score (nSPS) is 11.3. The fourth-order valence-electron chi connectivity index (χ4n) is 2.32. The molecule has 2 aromatic carbocycles. The Morgan fingerprint density at radius 2 is 1.85 bits per heavy atom. The second-order valence-electron chi connectivity index (χ2n) is 6.05. The molecule has 2 rings (SSSR count). The second-order valence-corrected chi connectivity index (χ2v) is 8.17. The minimum atomic E-state index is -3.89. The van der Waals surface area contributed by atoms with Gasteiger partial charge in [0.05, 0.1) is 23.3 Å². The van der Waals surface area contributed by atoms with Crippen LogP contribution in [0.4, 0.5) is 5.69 Å². The van der Waals surface area contributed by atoms with E-state index in [0.29, 0.717) is 22.0 Å². The highest BCUT2D eigenvalue weighted by molar-refractivity contribution is 7.92. The van der Waals surface area contributed by atoms with E-state index in [1.54, 1.807) is 25.1 Å². The number of sulfonamides is 1. The Morgan fingerprint density at radius 3 is 2.42 bits per heavy atom. The third-order valence-corrected chi connectivity index (χ3v) is 5.18. The van der Waals surface area contributed by atoms with Gasteiger partial charge in [0.2, 0.25) is 0 Å². The molecule has 0 aromatic heterocycles. The van der Waals surface area contributed by atoms with Gasteiger partial charge in [0.15, 0.2) is 0 Å². The molecule has 0 heterocycles. The molecule has 0 saturated heterocycles. The number of carbonyl (C=O) groups is 1. The molecule has 0 bridgehead atoms. The molecule has 0 atom stereocenters. The van der Waals surface area contributed by atoms with Gasteiger partial charge in [-0.2, -0.15) is 0 Å². The lowest BCUT2D eigenvalue weighted by Crippen LogP contribution is -2.30. The Balaban J connectivity index is 2.41. The summed E-state index contributed by atoms with van der Waals surface area (Å²) in [6.45, 7) is 5.38. The number of benzene rings is 2. The van der Waals surface area contributed by atoms with Crippen molar-refractivity contribution in [1.82, 2.24) is 5.32 Å². The number of anilines is 1. The summed E-state index contributed by atoms with van der Waals surface area (Å²) in [6, 6.07) is 8.89. The van der Waals surface area contributed by atoms with Crippen molar-refractivity contribution in [1.29, 1.82) is 0 Å². The molecule has 0 aliphatic carbocycles. The van der Waals surface area contributed by atoms with Gasteiger partial charge in [0.1, 0.15) is 5.75 Å². The van der Waals surface area contributed by atoms with Gasteiger partial charge in [-0.15, -0.1) is 0 Å². The zero-order valence-electron chi connectivity index (χ0n) is 15.0. The number of aryl methyl sites for hydroxylation is 1. The molecule has 6 nitrogen and oxygen atoms in total. The van der Waals surface area contributed by atoms with Crippen LogP contribution in [0, 0.1) is 6.92 Å². The van der Waals surface area contributed by atoms with Crippen LogP contribution in [0.25, 0.3) is 0 Å². The Morgan fingerprint density at radius 1 is 1.15 bits per heavy atom. The van der Waals surface area contributed by atoms with Crippen molar-refractivity contribution in [3.05, 3.63) is 52.5 Å². The standard InChI is InChI=1S/C18H21ClN2O4S/c1-11(2)20-18(22)15-10-14(6-8-17(15)25-4)26(23,24)21-16-7-5-13(19)9-12(16)3/h5-11,21H,1-4H3,(H,20,22). The predicted octanol–water partition coefficient (Wildman–Crippen LogP) is 3.60. The van der Waals surface area contributed by atoms with Crippen molar-refractivity contribution in [3.8, 4) is 5.75 Å². The number of carbonyl (C=O) groups excluding carboxylic acids is 1. The molecule has 26 heavy (non-hydrogen) atoms. The van der Waals surface area contributed by atoms with Crippen molar-refractivity contribution in [2.24, 2.45) is 0 Å². The highest BCUT2D eigenvalue weighted by Crippen LogP contribution is 2.26. The zero-order chi connectivity index (χ0) is 19.5. The predicted molar refractivity (Wildman–Crippen MR) is 103 cm³/mol. The lowest BCUT2D eigenvalue weighted by Gasteiger charge is -2.14. The van der Waals surface area contributed by atoms with E-state index in [1.807, 2.05) is 13.8 Å². The Hall–Kier alpha value is -2.25. The number of halogens is 1. The van der Waals surface area contributed by atoms with Crippen LogP contribution >= 0.6 is 11.6 Å². The molecule has 0 fully saturated rings. The van der Waals surface area contributed by atoms with Crippen molar-refractivity contribution < 1.29 is 17.9 Å². The number of rotatable bonds is 6. The van der Waals surface area contributed by atoms with Gasteiger partial charge in [-0.25, -0.2) is 8.42 Å². The fraction of sp³-hybridized carbons (Fsp3) is 0.278. The minimum Gasteiger partial charge on any atom is -0.496 e. The van der Waals surface area contributed by atoms with E-state index in [2.05, 4.69) is 10.0 Å². The summed E-state index contributed by atoms with van der Waals surface area (Å²) in [6.07, 6.45) is 0. The lowest BCUT2D eigenvalue weighted by molar-refractivity contribution is 0.0940. The molecule has 0 radical (unpaired) electrons. The minimum absolute atomic E-state index is 0.0402. The first-order valence-corrected chi connectivity index (χ1v) is 9.78. The fourth-order valence-corrected chi connectivity index (χ4v) is 3.70. The van der Waals surface area contributed by atoms with Gasteiger partial charge in [-0.1, -0.05) is 11.6 Å². The van der Waals surface area contributed by atoms with Crippen LogP contribution in [0.5, 0.6) is 5.75 Å². The van der Waals surface area contributed by atoms with E-state index in [9.17, 15) is 13.2 Å². The largest absolute Gasteiger partial charge is 0.496 e. The molecule has 0 aliphatic heterocycles. The van der Waals surface area contributed by atoms with E-state index < -0.39 is 15.9 Å². The number of nitrogens with one attached hydrogen (secondary N) is 2. The third-order valence-electron chi connectivity index (χ3n) is 3.58. The molecule has 2 N–H and O–H groups in total. The Bertz CT molecular complexity index is 927. The SMILES string of the molecule is COc1ccc(S(=O)(=O)Nc2ccc(Cl)cc2C)cc1C(=O)NC(C)C. The van der Waals surface area contributed by atoms with Crippen LogP contribution < -0.4 is 14.8 Å². The number of ether oxygens (including phenoxy) is 1. The van der Waals surface area contributed by atoms with Crippen LogP contribution in [-0.4, -0.2) is 27.5 Å². The number of methoxy groups -OCH3 is 1. The first-order valence-electron chi connectivity index (χ1n) is 7.92. The molecule has 0 saturated carbocycles. The van der Waals surface area contributed by atoms with E-state index in [4.69, 9.17) is 16.3 Å². The maximum absolute atomic E-state index is 12.7. The van der Waals surface area contributed by atoms with E-state index in [0.717, 1.165) is 0 Å². The quantitative estimate of drug-likeness (QED) is 0.781. The Labute approximate surface area is 158 Å². The van der Waals surface area contributed by atoms with Crippen LogP contribution in [-0.2, 0) is 10.0 Å². The average molecular weight is 397 g/mol. The van der Waals surface area contributed by atoms with Crippen LogP contribution in [0.2, 0.25) is 5.02 Å². The average Bonchev–Trinajstić information content (AvgIpc) is 2.56. The topological polar surface area (TPSA) is 84.5 Å². The van der Waals surface area contributed by atoms with Gasteiger partial charge >= 0.3 is 0 Å². The molecule has 0 aliphatic rings.